The van der Waals surface area contributed by atoms with Crippen molar-refractivity contribution in [2.24, 2.45) is 0 Å². The van der Waals surface area contributed by atoms with Crippen LogP contribution in [0.5, 0.6) is 0 Å². The number of benzene rings is 1. The van der Waals surface area contributed by atoms with E-state index < -0.39 is 22.9 Å². The first kappa shape index (κ1) is 19.9. The SMILES string of the molecule is CN(C)[C@]1(c2ccc(C(F)(F)F)cc2)CCC[C@](C)(O)C1=O.Cl. The van der Waals surface area contributed by atoms with Crippen LogP contribution in [0, 0.1) is 0 Å². The van der Waals surface area contributed by atoms with Gasteiger partial charge in [-0.2, -0.15) is 13.2 Å². The van der Waals surface area contributed by atoms with E-state index in [1.165, 1.54) is 19.1 Å². The maximum atomic E-state index is 12.8. The molecular weight excluding hydrogens is 331 g/mol. The molecule has 0 heterocycles. The van der Waals surface area contributed by atoms with Crippen LogP contribution in [0.15, 0.2) is 24.3 Å². The molecule has 0 saturated heterocycles. The van der Waals surface area contributed by atoms with Crippen molar-refractivity contribution >= 4 is 18.2 Å². The maximum Gasteiger partial charge on any atom is 0.416 e. The highest BCUT2D eigenvalue weighted by Crippen LogP contribution is 2.43. The molecule has 1 N–H and O–H groups in total. The Morgan fingerprint density at radius 2 is 1.65 bits per heavy atom. The molecule has 7 heteroatoms. The molecule has 1 aliphatic rings. The lowest BCUT2D eigenvalue weighted by Crippen LogP contribution is -2.59. The number of rotatable bonds is 2. The number of hydrogen-bond donors (Lipinski definition) is 1. The zero-order valence-electron chi connectivity index (χ0n) is 13.3. The van der Waals surface area contributed by atoms with Crippen molar-refractivity contribution in [3.05, 3.63) is 35.4 Å². The average molecular weight is 352 g/mol. The Balaban J connectivity index is 0.00000264. The summed E-state index contributed by atoms with van der Waals surface area (Å²) in [6.07, 6.45) is -2.95. The van der Waals surface area contributed by atoms with E-state index in [2.05, 4.69) is 0 Å². The molecule has 0 aromatic heterocycles. The van der Waals surface area contributed by atoms with E-state index in [1.54, 1.807) is 19.0 Å². The molecule has 0 spiro atoms. The van der Waals surface area contributed by atoms with Crippen LogP contribution in [0.2, 0.25) is 0 Å². The van der Waals surface area contributed by atoms with Crippen molar-refractivity contribution < 1.29 is 23.1 Å². The number of carbonyl (C=O) groups is 1. The third kappa shape index (κ3) is 3.39. The fourth-order valence-electron chi connectivity index (χ4n) is 3.26. The summed E-state index contributed by atoms with van der Waals surface area (Å²) >= 11 is 0. The van der Waals surface area contributed by atoms with Gasteiger partial charge < -0.3 is 5.11 Å². The lowest BCUT2D eigenvalue weighted by molar-refractivity contribution is -0.154. The van der Waals surface area contributed by atoms with Crippen molar-refractivity contribution in [1.82, 2.24) is 4.90 Å². The number of alkyl halides is 3. The van der Waals surface area contributed by atoms with E-state index in [0.29, 0.717) is 24.8 Å². The Bertz CT molecular complexity index is 570. The molecule has 0 bridgehead atoms. The summed E-state index contributed by atoms with van der Waals surface area (Å²) in [5, 5.41) is 10.3. The van der Waals surface area contributed by atoms with Crippen LogP contribution in [0.25, 0.3) is 0 Å². The largest absolute Gasteiger partial charge is 0.416 e. The maximum absolute atomic E-state index is 12.8. The molecule has 23 heavy (non-hydrogen) atoms. The van der Waals surface area contributed by atoms with Crippen LogP contribution >= 0.6 is 12.4 Å². The quantitative estimate of drug-likeness (QED) is 0.888. The van der Waals surface area contributed by atoms with E-state index in [1.807, 2.05) is 0 Å². The Morgan fingerprint density at radius 3 is 2.09 bits per heavy atom. The Morgan fingerprint density at radius 1 is 1.13 bits per heavy atom. The number of nitrogens with zero attached hydrogens (tertiary/aromatic N) is 1. The van der Waals surface area contributed by atoms with Gasteiger partial charge in [0.15, 0.2) is 5.78 Å². The van der Waals surface area contributed by atoms with Gasteiger partial charge in [0.05, 0.1) is 5.56 Å². The summed E-state index contributed by atoms with van der Waals surface area (Å²) in [4.78, 5) is 14.5. The van der Waals surface area contributed by atoms with Crippen molar-refractivity contribution in [1.29, 1.82) is 0 Å². The molecule has 130 valence electrons. The van der Waals surface area contributed by atoms with Gasteiger partial charge in [-0.3, -0.25) is 9.69 Å². The van der Waals surface area contributed by atoms with Crippen LogP contribution in [0.1, 0.15) is 37.3 Å². The standard InChI is InChI=1S/C16H20F3NO2.ClH/c1-14(22)9-4-10-15(13(14)21,20(2)3)11-5-7-12(8-6-11)16(17,18)19;/h5-8,22H,4,9-10H2,1-3H3;1H/t14-,15-;/m0./s1. The van der Waals surface area contributed by atoms with E-state index in [-0.39, 0.29) is 18.2 Å². The smallest absolute Gasteiger partial charge is 0.382 e. The molecular formula is C16H21ClF3NO2. The van der Waals surface area contributed by atoms with E-state index in [0.717, 1.165) is 12.1 Å². The first-order valence-electron chi connectivity index (χ1n) is 7.14. The summed E-state index contributed by atoms with van der Waals surface area (Å²) < 4.78 is 38.1. The highest BCUT2D eigenvalue weighted by Gasteiger charge is 2.52. The van der Waals surface area contributed by atoms with Gasteiger partial charge in [0.2, 0.25) is 0 Å². The van der Waals surface area contributed by atoms with Crippen LogP contribution in [-0.4, -0.2) is 35.5 Å². The zero-order valence-corrected chi connectivity index (χ0v) is 14.1. The predicted octanol–water partition coefficient (Wildman–Crippen LogP) is 3.39. The van der Waals surface area contributed by atoms with Crippen molar-refractivity contribution in [3.63, 3.8) is 0 Å². The molecule has 0 aliphatic heterocycles. The Kier molecular flexibility index (Phi) is 5.56. The van der Waals surface area contributed by atoms with Gasteiger partial charge >= 0.3 is 6.18 Å². The third-order valence-corrected chi connectivity index (χ3v) is 4.52. The number of Topliss-reactive ketones (excluding diaryl/α,β-unsaturated/α-hetero) is 1. The minimum atomic E-state index is -4.41. The summed E-state index contributed by atoms with van der Waals surface area (Å²) in [5.74, 6) is -0.365. The minimum Gasteiger partial charge on any atom is -0.382 e. The second-order valence-electron chi connectivity index (χ2n) is 6.29. The third-order valence-electron chi connectivity index (χ3n) is 4.52. The van der Waals surface area contributed by atoms with Gasteiger partial charge in [0.25, 0.3) is 0 Å². The highest BCUT2D eigenvalue weighted by atomic mass is 35.5. The minimum absolute atomic E-state index is 0. The van der Waals surface area contributed by atoms with Gasteiger partial charge in [0.1, 0.15) is 11.1 Å². The fraction of sp³-hybridized carbons (Fsp3) is 0.562. The number of hydrogen-bond acceptors (Lipinski definition) is 3. The number of carbonyl (C=O) groups excluding carboxylic acids is 1. The number of likely N-dealkylation sites (N-methyl/N-ethyl adjacent to an activating group) is 1. The van der Waals surface area contributed by atoms with Crippen LogP contribution in [0.3, 0.4) is 0 Å². The second-order valence-corrected chi connectivity index (χ2v) is 6.29. The van der Waals surface area contributed by atoms with Gasteiger partial charge in [-0.05, 0) is 58.0 Å². The molecule has 1 saturated carbocycles. The normalized spacial score (nSPS) is 28.6. The van der Waals surface area contributed by atoms with Crippen LogP contribution in [-0.2, 0) is 16.5 Å². The molecule has 0 amide bonds. The second kappa shape index (κ2) is 6.42. The van der Waals surface area contributed by atoms with Gasteiger partial charge in [0, 0.05) is 0 Å². The monoisotopic (exact) mass is 351 g/mol. The lowest BCUT2D eigenvalue weighted by atomic mass is 9.68. The highest BCUT2D eigenvalue weighted by molar-refractivity contribution is 5.96. The molecule has 1 aromatic rings. The topological polar surface area (TPSA) is 40.5 Å². The predicted molar refractivity (Wildman–Crippen MR) is 83.5 cm³/mol. The van der Waals surface area contributed by atoms with Crippen molar-refractivity contribution in [2.45, 2.75) is 43.5 Å². The average Bonchev–Trinajstić information content (AvgIpc) is 2.41. The summed E-state index contributed by atoms with van der Waals surface area (Å²) in [5.41, 5.74) is -2.83. The van der Waals surface area contributed by atoms with Gasteiger partial charge in [-0.15, -0.1) is 12.4 Å². The number of aliphatic hydroxyl groups is 1. The number of ketones is 1. The van der Waals surface area contributed by atoms with Crippen LogP contribution in [0.4, 0.5) is 13.2 Å². The summed E-state index contributed by atoms with van der Waals surface area (Å²) in [6, 6.07) is 4.64. The molecule has 0 unspecified atom stereocenters. The first-order valence-corrected chi connectivity index (χ1v) is 7.14. The first-order chi connectivity index (χ1) is 10.0. The zero-order chi connectivity index (χ0) is 16.8. The van der Waals surface area contributed by atoms with E-state index >= 15 is 0 Å². The van der Waals surface area contributed by atoms with Crippen LogP contribution < -0.4 is 0 Å². The van der Waals surface area contributed by atoms with Gasteiger partial charge in [-0.25, -0.2) is 0 Å². The molecule has 1 fully saturated rings. The van der Waals surface area contributed by atoms with Gasteiger partial charge in [-0.1, -0.05) is 12.1 Å². The molecule has 1 aromatic carbocycles. The molecule has 2 atom stereocenters. The number of halogens is 4. The molecule has 2 rings (SSSR count). The van der Waals surface area contributed by atoms with E-state index in [9.17, 15) is 23.1 Å². The van der Waals surface area contributed by atoms with E-state index in [4.69, 9.17) is 0 Å². The fourth-order valence-corrected chi connectivity index (χ4v) is 3.26. The summed E-state index contributed by atoms with van der Waals surface area (Å²) in [6.45, 7) is 1.47. The lowest BCUT2D eigenvalue weighted by Gasteiger charge is -2.46. The Labute approximate surface area is 139 Å². The van der Waals surface area contributed by atoms with Crippen molar-refractivity contribution in [3.8, 4) is 0 Å². The molecule has 1 aliphatic carbocycles. The summed E-state index contributed by atoms with van der Waals surface area (Å²) in [7, 11) is 3.41. The molecule has 3 nitrogen and oxygen atoms in total. The molecule has 0 radical (unpaired) electrons. The Hall–Kier alpha value is -1.11. The van der Waals surface area contributed by atoms with Crippen molar-refractivity contribution in [2.75, 3.05) is 14.1 Å².